The molecule has 0 aliphatic carbocycles. The summed E-state index contributed by atoms with van der Waals surface area (Å²) in [4.78, 5) is 12.9. The molecular weight excluding hydrogens is 256 g/mol. The molecule has 3 heterocycles. The predicted octanol–water partition coefficient (Wildman–Crippen LogP) is -0.443. The van der Waals surface area contributed by atoms with Crippen molar-refractivity contribution >= 4 is 17.6 Å². The van der Waals surface area contributed by atoms with E-state index in [1.807, 2.05) is 11.0 Å². The molecule has 1 aromatic heterocycles. The number of hydrogen-bond donors (Lipinski definition) is 3. The SMILES string of the molecule is Nc1nc(N2CCCC2)cc(N2CC[C@@H](N)[C@H](O)C2)n1. The Bertz CT molecular complexity index is 476. The number of rotatable bonds is 2. The maximum Gasteiger partial charge on any atom is 0.223 e. The Morgan fingerprint density at radius 1 is 1.10 bits per heavy atom. The third-order valence-corrected chi connectivity index (χ3v) is 4.10. The minimum absolute atomic E-state index is 0.150. The zero-order valence-corrected chi connectivity index (χ0v) is 11.6. The molecule has 0 saturated carbocycles. The molecule has 20 heavy (non-hydrogen) atoms. The van der Waals surface area contributed by atoms with Crippen LogP contribution in [-0.4, -0.2) is 53.4 Å². The van der Waals surface area contributed by atoms with Gasteiger partial charge in [0.15, 0.2) is 0 Å². The molecule has 0 amide bonds. The van der Waals surface area contributed by atoms with Crippen molar-refractivity contribution in [2.45, 2.75) is 31.4 Å². The first-order valence-corrected chi connectivity index (χ1v) is 7.21. The van der Waals surface area contributed by atoms with E-state index >= 15 is 0 Å². The maximum atomic E-state index is 9.91. The van der Waals surface area contributed by atoms with Gasteiger partial charge in [0, 0.05) is 38.3 Å². The summed E-state index contributed by atoms with van der Waals surface area (Å²) < 4.78 is 0. The summed E-state index contributed by atoms with van der Waals surface area (Å²) in [6, 6.07) is 1.81. The van der Waals surface area contributed by atoms with E-state index in [2.05, 4.69) is 14.9 Å². The van der Waals surface area contributed by atoms with Crippen LogP contribution < -0.4 is 21.3 Å². The van der Waals surface area contributed by atoms with Gasteiger partial charge in [0.2, 0.25) is 5.95 Å². The molecule has 110 valence electrons. The lowest BCUT2D eigenvalue weighted by Crippen LogP contribution is -2.50. The van der Waals surface area contributed by atoms with Crippen LogP contribution in [0, 0.1) is 0 Å². The van der Waals surface area contributed by atoms with Gasteiger partial charge in [0.1, 0.15) is 11.6 Å². The Hall–Kier alpha value is -1.60. The van der Waals surface area contributed by atoms with Gasteiger partial charge in [-0.05, 0) is 19.3 Å². The molecule has 2 atom stereocenters. The fourth-order valence-corrected chi connectivity index (χ4v) is 2.87. The lowest BCUT2D eigenvalue weighted by molar-refractivity contribution is 0.131. The van der Waals surface area contributed by atoms with Gasteiger partial charge in [-0.1, -0.05) is 0 Å². The van der Waals surface area contributed by atoms with Crippen molar-refractivity contribution in [3.8, 4) is 0 Å². The van der Waals surface area contributed by atoms with E-state index in [4.69, 9.17) is 11.5 Å². The van der Waals surface area contributed by atoms with Crippen LogP contribution in [0.15, 0.2) is 6.07 Å². The highest BCUT2D eigenvalue weighted by Crippen LogP contribution is 2.25. The van der Waals surface area contributed by atoms with Crippen LogP contribution in [0.3, 0.4) is 0 Å². The van der Waals surface area contributed by atoms with E-state index in [0.29, 0.717) is 6.54 Å². The van der Waals surface area contributed by atoms with Crippen molar-refractivity contribution < 1.29 is 5.11 Å². The topological polar surface area (TPSA) is 105 Å². The van der Waals surface area contributed by atoms with Crippen molar-refractivity contribution in [2.24, 2.45) is 5.73 Å². The summed E-state index contributed by atoms with van der Waals surface area (Å²) in [5, 5.41) is 9.91. The van der Waals surface area contributed by atoms with Gasteiger partial charge in [0.25, 0.3) is 0 Å². The van der Waals surface area contributed by atoms with Gasteiger partial charge in [-0.3, -0.25) is 0 Å². The van der Waals surface area contributed by atoms with Crippen molar-refractivity contribution in [1.29, 1.82) is 0 Å². The highest BCUT2D eigenvalue weighted by atomic mass is 16.3. The standard InChI is InChI=1S/C13H22N6O/c14-9-3-6-19(8-10(9)20)12-7-11(16-13(15)17-12)18-4-1-2-5-18/h7,9-10,20H,1-6,8,14H2,(H2,15,16,17)/t9-,10-/m1/s1. The quantitative estimate of drug-likeness (QED) is 0.673. The average Bonchev–Trinajstić information content (AvgIpc) is 2.95. The predicted molar refractivity (Wildman–Crippen MR) is 78.7 cm³/mol. The first-order valence-electron chi connectivity index (χ1n) is 7.21. The second-order valence-corrected chi connectivity index (χ2v) is 5.60. The minimum Gasteiger partial charge on any atom is -0.390 e. The number of aromatic nitrogens is 2. The normalized spacial score (nSPS) is 27.1. The molecule has 3 rings (SSSR count). The number of nitrogens with two attached hydrogens (primary N) is 2. The van der Waals surface area contributed by atoms with Crippen molar-refractivity contribution in [2.75, 3.05) is 41.7 Å². The van der Waals surface area contributed by atoms with Gasteiger partial charge in [-0.2, -0.15) is 9.97 Å². The van der Waals surface area contributed by atoms with Crippen molar-refractivity contribution in [3.63, 3.8) is 0 Å². The van der Waals surface area contributed by atoms with Crippen molar-refractivity contribution in [1.82, 2.24) is 9.97 Å². The van der Waals surface area contributed by atoms with Gasteiger partial charge < -0.3 is 26.4 Å². The van der Waals surface area contributed by atoms with Gasteiger partial charge >= 0.3 is 0 Å². The molecule has 0 spiro atoms. The van der Waals surface area contributed by atoms with Crippen molar-refractivity contribution in [3.05, 3.63) is 6.07 Å². The van der Waals surface area contributed by atoms with Gasteiger partial charge in [0.05, 0.1) is 6.10 Å². The molecule has 0 unspecified atom stereocenters. The third kappa shape index (κ3) is 2.64. The van der Waals surface area contributed by atoms with E-state index in [0.717, 1.165) is 37.7 Å². The van der Waals surface area contributed by atoms with Gasteiger partial charge in [-0.25, -0.2) is 0 Å². The number of β-amino-alcohol motifs (C(OH)–C–C–N with tert-alkyl or cyclic N) is 1. The number of aliphatic hydroxyl groups is 1. The fourth-order valence-electron chi connectivity index (χ4n) is 2.87. The Balaban J connectivity index is 1.82. The van der Waals surface area contributed by atoms with Gasteiger partial charge in [-0.15, -0.1) is 0 Å². The number of anilines is 3. The summed E-state index contributed by atoms with van der Waals surface area (Å²) in [6.45, 7) is 3.32. The molecule has 2 fully saturated rings. The highest BCUT2D eigenvalue weighted by molar-refractivity contribution is 5.54. The summed E-state index contributed by atoms with van der Waals surface area (Å²) in [7, 11) is 0. The van der Waals surface area contributed by atoms with Crippen LogP contribution in [0.2, 0.25) is 0 Å². The number of piperidine rings is 1. The Labute approximate surface area is 118 Å². The summed E-state index contributed by atoms with van der Waals surface area (Å²) >= 11 is 0. The number of aliphatic hydroxyl groups excluding tert-OH is 1. The molecule has 0 bridgehead atoms. The van der Waals surface area contributed by atoms with Crippen LogP contribution in [0.1, 0.15) is 19.3 Å². The summed E-state index contributed by atoms with van der Waals surface area (Å²) in [5.41, 5.74) is 11.7. The zero-order chi connectivity index (χ0) is 14.1. The second kappa shape index (κ2) is 5.41. The van der Waals surface area contributed by atoms with Crippen LogP contribution in [0.5, 0.6) is 0 Å². The number of nitrogens with zero attached hydrogens (tertiary/aromatic N) is 4. The molecule has 7 nitrogen and oxygen atoms in total. The molecule has 0 radical (unpaired) electrons. The largest absolute Gasteiger partial charge is 0.390 e. The van der Waals surface area contributed by atoms with E-state index < -0.39 is 6.10 Å². The molecule has 7 heteroatoms. The molecule has 1 aromatic rings. The molecule has 2 aliphatic rings. The smallest absolute Gasteiger partial charge is 0.223 e. The van der Waals surface area contributed by atoms with Crippen LogP contribution in [0.25, 0.3) is 0 Å². The van der Waals surface area contributed by atoms with E-state index in [1.165, 1.54) is 12.8 Å². The number of nitrogen functional groups attached to an aromatic ring is 1. The second-order valence-electron chi connectivity index (χ2n) is 5.60. The average molecular weight is 278 g/mol. The molecule has 2 saturated heterocycles. The lowest BCUT2D eigenvalue weighted by Gasteiger charge is -2.35. The summed E-state index contributed by atoms with van der Waals surface area (Å²) in [6.07, 6.45) is 2.62. The molecule has 0 aromatic carbocycles. The van der Waals surface area contributed by atoms with Crippen LogP contribution in [0.4, 0.5) is 17.6 Å². The zero-order valence-electron chi connectivity index (χ0n) is 11.6. The Morgan fingerprint density at radius 2 is 1.75 bits per heavy atom. The summed E-state index contributed by atoms with van der Waals surface area (Å²) in [5.74, 6) is 1.95. The van der Waals surface area contributed by atoms with Crippen LogP contribution in [-0.2, 0) is 0 Å². The molecule has 2 aliphatic heterocycles. The van der Waals surface area contributed by atoms with E-state index in [1.54, 1.807) is 0 Å². The monoisotopic (exact) mass is 278 g/mol. The fraction of sp³-hybridized carbons (Fsp3) is 0.692. The molecular formula is C13H22N6O. The first-order chi connectivity index (χ1) is 9.63. The van der Waals surface area contributed by atoms with E-state index in [9.17, 15) is 5.11 Å². The van der Waals surface area contributed by atoms with E-state index in [-0.39, 0.29) is 12.0 Å². The number of hydrogen-bond acceptors (Lipinski definition) is 7. The minimum atomic E-state index is -0.518. The lowest BCUT2D eigenvalue weighted by atomic mass is 10.0. The molecule has 5 N–H and O–H groups in total. The Kier molecular flexibility index (Phi) is 3.62. The maximum absolute atomic E-state index is 9.91. The Morgan fingerprint density at radius 3 is 2.40 bits per heavy atom. The third-order valence-electron chi connectivity index (χ3n) is 4.10. The highest BCUT2D eigenvalue weighted by Gasteiger charge is 2.26. The first kappa shape index (κ1) is 13.4. The van der Waals surface area contributed by atoms with Crippen LogP contribution >= 0.6 is 0 Å².